The number of aliphatic carboxylic acids is 1. The number of halogens is 2. The summed E-state index contributed by atoms with van der Waals surface area (Å²) in [6.45, 7) is 3.79. The van der Waals surface area contributed by atoms with Crippen LogP contribution in [-0.2, 0) is 4.79 Å². The van der Waals surface area contributed by atoms with Crippen molar-refractivity contribution in [1.82, 2.24) is 19.7 Å². The number of likely N-dealkylation sites (tertiary alicyclic amines) is 1. The van der Waals surface area contributed by atoms with E-state index >= 15 is 0 Å². The van der Waals surface area contributed by atoms with Gasteiger partial charge in [0.2, 0.25) is 0 Å². The number of nitrogens with zero attached hydrogens (tertiary/aromatic N) is 4. The number of carboxylic acid groups (broad SMARTS) is 1. The van der Waals surface area contributed by atoms with E-state index in [9.17, 15) is 19.5 Å². The second-order valence-corrected chi connectivity index (χ2v) is 11.6. The molecule has 9 nitrogen and oxygen atoms in total. The van der Waals surface area contributed by atoms with Crippen molar-refractivity contribution in [3.63, 3.8) is 0 Å². The van der Waals surface area contributed by atoms with Crippen LogP contribution in [0.15, 0.2) is 48.9 Å². The van der Waals surface area contributed by atoms with E-state index in [0.717, 1.165) is 0 Å². The molecule has 1 aliphatic carbocycles. The average molecular weight is 585 g/mol. The van der Waals surface area contributed by atoms with Crippen molar-refractivity contribution in [3.05, 3.63) is 75.8 Å². The van der Waals surface area contributed by atoms with Gasteiger partial charge in [0.15, 0.2) is 5.78 Å². The number of hydrogen-bond acceptors (Lipinski definition) is 6. The number of ether oxygens (including phenoxy) is 1. The molecular formula is C29H30Cl2N4O5. The Morgan fingerprint density at radius 2 is 1.70 bits per heavy atom. The SMILES string of the molecule is Cc1c(C(=O)N2C[C@@H](Oc3ccccc3)C[C@H]2C(=O)c2c(Cl)cncc2Cl)cnn1C1CCC(C)(C(=O)O)CC1. The molecule has 0 spiro atoms. The number of Topliss-reactive ketones (excluding diaryl/α,β-unsaturated/α-hetero) is 1. The van der Waals surface area contributed by atoms with Crippen LogP contribution in [0, 0.1) is 12.3 Å². The third kappa shape index (κ3) is 5.32. The summed E-state index contributed by atoms with van der Waals surface area (Å²) >= 11 is 12.6. The van der Waals surface area contributed by atoms with Crippen LogP contribution in [0.4, 0.5) is 0 Å². The number of amides is 1. The van der Waals surface area contributed by atoms with E-state index in [1.54, 1.807) is 6.92 Å². The molecule has 1 N–H and O–H groups in total. The monoisotopic (exact) mass is 584 g/mol. The standard InChI is InChI=1S/C29H30Cl2N4O5/c1-17-21(13-33-35(17)18-8-10-29(2,11-9-18)28(38)39)27(37)34-16-20(40-19-6-4-3-5-7-19)12-24(34)26(36)25-22(30)14-32-15-23(25)31/h3-7,13-15,18,20,24H,8-12,16H2,1-2H3,(H,38,39)/t18?,20-,24-,29?/m0/s1. The molecule has 3 heterocycles. The molecule has 2 atom stereocenters. The molecule has 1 aromatic carbocycles. The predicted molar refractivity (Wildman–Crippen MR) is 149 cm³/mol. The van der Waals surface area contributed by atoms with Crippen LogP contribution in [0.5, 0.6) is 5.75 Å². The van der Waals surface area contributed by atoms with E-state index in [1.165, 1.54) is 23.5 Å². The van der Waals surface area contributed by atoms with E-state index in [4.69, 9.17) is 27.9 Å². The molecule has 1 amide bonds. The number of carbonyl (C=O) groups is 3. The Balaban J connectivity index is 1.41. The number of hydrogen-bond donors (Lipinski definition) is 1. The molecule has 0 unspecified atom stereocenters. The van der Waals surface area contributed by atoms with Crippen LogP contribution >= 0.6 is 23.2 Å². The number of benzene rings is 1. The Kier molecular flexibility index (Phi) is 7.88. The minimum atomic E-state index is -0.854. The van der Waals surface area contributed by atoms with Crippen LogP contribution in [0.3, 0.4) is 0 Å². The summed E-state index contributed by atoms with van der Waals surface area (Å²) < 4.78 is 7.96. The summed E-state index contributed by atoms with van der Waals surface area (Å²) in [7, 11) is 0. The van der Waals surface area contributed by atoms with Crippen LogP contribution in [0.2, 0.25) is 10.0 Å². The average Bonchev–Trinajstić information content (AvgIpc) is 3.53. The maximum atomic E-state index is 14.0. The molecule has 40 heavy (non-hydrogen) atoms. The van der Waals surface area contributed by atoms with Crippen molar-refractivity contribution in [2.75, 3.05) is 6.54 Å². The molecule has 3 aromatic rings. The van der Waals surface area contributed by atoms with Crippen molar-refractivity contribution in [3.8, 4) is 5.75 Å². The maximum Gasteiger partial charge on any atom is 0.309 e. The number of ketones is 1. The third-order valence-electron chi connectivity index (χ3n) is 8.17. The fourth-order valence-electron chi connectivity index (χ4n) is 5.71. The maximum absolute atomic E-state index is 14.0. The predicted octanol–water partition coefficient (Wildman–Crippen LogP) is 5.64. The first kappa shape index (κ1) is 28.1. The zero-order chi connectivity index (χ0) is 28.6. The summed E-state index contributed by atoms with van der Waals surface area (Å²) in [6, 6.07) is 8.38. The van der Waals surface area contributed by atoms with Gasteiger partial charge in [-0.3, -0.25) is 24.0 Å². The van der Waals surface area contributed by atoms with Crippen LogP contribution in [0.25, 0.3) is 0 Å². The molecule has 2 fully saturated rings. The Bertz CT molecular complexity index is 1420. The minimum Gasteiger partial charge on any atom is -0.488 e. The number of pyridine rings is 1. The summed E-state index contributed by atoms with van der Waals surface area (Å²) in [6.07, 6.45) is 6.43. The lowest BCUT2D eigenvalue weighted by Crippen LogP contribution is -2.41. The van der Waals surface area contributed by atoms with E-state index < -0.39 is 23.5 Å². The van der Waals surface area contributed by atoms with Gasteiger partial charge in [0, 0.05) is 24.5 Å². The topological polar surface area (TPSA) is 115 Å². The lowest BCUT2D eigenvalue weighted by molar-refractivity contribution is -0.150. The van der Waals surface area contributed by atoms with Crippen molar-refractivity contribution >= 4 is 40.9 Å². The van der Waals surface area contributed by atoms with E-state index in [2.05, 4.69) is 10.1 Å². The largest absolute Gasteiger partial charge is 0.488 e. The normalized spacial score (nSPS) is 24.6. The second-order valence-electron chi connectivity index (χ2n) is 10.8. The summed E-state index contributed by atoms with van der Waals surface area (Å²) in [5.41, 5.74) is 0.435. The smallest absolute Gasteiger partial charge is 0.309 e. The molecule has 1 saturated heterocycles. The summed E-state index contributed by atoms with van der Waals surface area (Å²) in [5, 5.41) is 14.3. The number of carbonyl (C=O) groups excluding carboxylic acids is 2. The van der Waals surface area contributed by atoms with Crippen molar-refractivity contribution in [2.45, 2.75) is 64.1 Å². The van der Waals surface area contributed by atoms with Crippen molar-refractivity contribution in [2.24, 2.45) is 5.41 Å². The Morgan fingerprint density at radius 1 is 1.05 bits per heavy atom. The third-order valence-corrected chi connectivity index (χ3v) is 8.74. The van der Waals surface area contributed by atoms with E-state index in [0.29, 0.717) is 42.7 Å². The highest BCUT2D eigenvalue weighted by Gasteiger charge is 2.44. The van der Waals surface area contributed by atoms with Crippen LogP contribution in [0.1, 0.15) is 71.5 Å². The Morgan fingerprint density at radius 3 is 2.33 bits per heavy atom. The zero-order valence-corrected chi connectivity index (χ0v) is 23.7. The highest BCUT2D eigenvalue weighted by molar-refractivity contribution is 6.40. The molecular weight excluding hydrogens is 555 g/mol. The fourth-order valence-corrected chi connectivity index (χ4v) is 6.27. The van der Waals surface area contributed by atoms with Gasteiger partial charge in [-0.05, 0) is 51.7 Å². The number of aromatic nitrogens is 3. The van der Waals surface area contributed by atoms with Gasteiger partial charge in [-0.25, -0.2) is 0 Å². The first-order chi connectivity index (χ1) is 19.1. The van der Waals surface area contributed by atoms with Crippen LogP contribution in [-0.4, -0.2) is 61.1 Å². The van der Waals surface area contributed by atoms with Crippen molar-refractivity contribution in [1.29, 1.82) is 0 Å². The molecule has 210 valence electrons. The fraction of sp³-hybridized carbons (Fsp3) is 0.414. The second kappa shape index (κ2) is 11.2. The molecule has 1 saturated carbocycles. The van der Waals surface area contributed by atoms with Gasteiger partial charge in [-0.1, -0.05) is 41.4 Å². The van der Waals surface area contributed by atoms with Crippen LogP contribution < -0.4 is 4.74 Å². The molecule has 11 heteroatoms. The first-order valence-electron chi connectivity index (χ1n) is 13.2. The molecule has 0 radical (unpaired) electrons. The van der Waals surface area contributed by atoms with Crippen molar-refractivity contribution < 1.29 is 24.2 Å². The zero-order valence-electron chi connectivity index (χ0n) is 22.2. The van der Waals surface area contributed by atoms with E-state index in [1.807, 2.05) is 41.9 Å². The molecule has 1 aliphatic heterocycles. The van der Waals surface area contributed by atoms with Gasteiger partial charge in [-0.2, -0.15) is 5.10 Å². The minimum absolute atomic E-state index is 0.00595. The highest BCUT2D eigenvalue weighted by atomic mass is 35.5. The van der Waals surface area contributed by atoms with E-state index in [-0.39, 0.29) is 46.3 Å². The summed E-state index contributed by atoms with van der Waals surface area (Å²) in [4.78, 5) is 44.9. The molecule has 2 aliphatic rings. The van der Waals surface area contributed by atoms with Gasteiger partial charge >= 0.3 is 5.97 Å². The molecule has 2 aromatic heterocycles. The van der Waals surface area contributed by atoms with Gasteiger partial charge < -0.3 is 14.7 Å². The molecule has 5 rings (SSSR count). The number of carboxylic acids is 1. The number of para-hydroxylation sites is 1. The highest BCUT2D eigenvalue weighted by Crippen LogP contribution is 2.41. The lowest BCUT2D eigenvalue weighted by atomic mass is 9.74. The first-order valence-corrected chi connectivity index (χ1v) is 14.0. The van der Waals surface area contributed by atoms with Gasteiger partial charge in [0.25, 0.3) is 5.91 Å². The van der Waals surface area contributed by atoms with Gasteiger partial charge in [0.1, 0.15) is 11.9 Å². The summed E-state index contributed by atoms with van der Waals surface area (Å²) in [5.74, 6) is -0.864. The van der Waals surface area contributed by atoms with Gasteiger partial charge in [0.05, 0.1) is 51.4 Å². The quantitative estimate of drug-likeness (QED) is 0.357. The Labute approximate surface area is 242 Å². The lowest BCUT2D eigenvalue weighted by Gasteiger charge is -2.34. The Hall–Kier alpha value is -3.43. The van der Waals surface area contributed by atoms with Gasteiger partial charge in [-0.15, -0.1) is 0 Å². The number of rotatable bonds is 7. The molecule has 0 bridgehead atoms.